The minimum atomic E-state index is -3.83. The van der Waals surface area contributed by atoms with Gasteiger partial charge in [0.1, 0.15) is 6.10 Å². The summed E-state index contributed by atoms with van der Waals surface area (Å²) in [6.07, 6.45) is -0.352. The average Bonchev–Trinajstić information content (AvgIpc) is 2.24. The summed E-state index contributed by atoms with van der Waals surface area (Å²) in [5.74, 6) is 0. The Labute approximate surface area is 110 Å². The third-order valence-corrected chi connectivity index (χ3v) is 3.72. The molecule has 0 unspecified atom stereocenters. The topological polar surface area (TPSA) is 98.5 Å². The highest BCUT2D eigenvalue weighted by atomic mass is 35.5. The standard InChI is InChI=1S/C9H10N2O5S.ClH/c12-11(13)7-1-3-9(4-2-7)17(14,15)16-8-5-10-6-8;/h1-4,8,10H,5-6H2;1H. The second kappa shape index (κ2) is 5.61. The lowest BCUT2D eigenvalue weighted by Gasteiger charge is -2.26. The molecule has 100 valence electrons. The average molecular weight is 295 g/mol. The van der Waals surface area contributed by atoms with E-state index in [1.54, 1.807) is 0 Å². The van der Waals surface area contributed by atoms with Gasteiger partial charge < -0.3 is 5.32 Å². The van der Waals surface area contributed by atoms with Crippen LogP contribution in [0.2, 0.25) is 0 Å². The molecule has 1 saturated heterocycles. The van der Waals surface area contributed by atoms with Gasteiger partial charge in [0, 0.05) is 25.2 Å². The van der Waals surface area contributed by atoms with E-state index in [2.05, 4.69) is 5.32 Å². The molecule has 0 saturated carbocycles. The van der Waals surface area contributed by atoms with E-state index in [4.69, 9.17) is 4.18 Å². The van der Waals surface area contributed by atoms with E-state index in [1.807, 2.05) is 0 Å². The van der Waals surface area contributed by atoms with Crippen molar-refractivity contribution in [3.05, 3.63) is 34.4 Å². The number of nitro groups is 1. The van der Waals surface area contributed by atoms with Crippen molar-refractivity contribution in [3.63, 3.8) is 0 Å². The van der Waals surface area contributed by atoms with Crippen molar-refractivity contribution < 1.29 is 17.5 Å². The van der Waals surface area contributed by atoms with Crippen LogP contribution in [0.3, 0.4) is 0 Å². The zero-order valence-electron chi connectivity index (χ0n) is 9.11. The van der Waals surface area contributed by atoms with E-state index in [9.17, 15) is 18.5 Å². The van der Waals surface area contributed by atoms with Crippen LogP contribution in [0.25, 0.3) is 0 Å². The molecular formula is C9H11ClN2O5S. The maximum atomic E-state index is 11.7. The van der Waals surface area contributed by atoms with Gasteiger partial charge in [-0.15, -0.1) is 12.4 Å². The Bertz CT molecular complexity index is 526. The molecule has 0 atom stereocenters. The first kappa shape index (κ1) is 14.8. The molecule has 0 amide bonds. The van der Waals surface area contributed by atoms with Crippen molar-refractivity contribution in [2.75, 3.05) is 13.1 Å². The van der Waals surface area contributed by atoms with Crippen LogP contribution < -0.4 is 5.32 Å². The fourth-order valence-electron chi connectivity index (χ4n) is 1.30. The Hall–Kier alpha value is -1.22. The predicted molar refractivity (Wildman–Crippen MR) is 65.3 cm³/mol. The monoisotopic (exact) mass is 294 g/mol. The van der Waals surface area contributed by atoms with Crippen LogP contribution in [0.5, 0.6) is 0 Å². The van der Waals surface area contributed by atoms with Crippen molar-refractivity contribution in [2.24, 2.45) is 0 Å². The molecule has 7 nitrogen and oxygen atoms in total. The molecule has 1 N–H and O–H groups in total. The summed E-state index contributed by atoms with van der Waals surface area (Å²) in [7, 11) is -3.83. The molecule has 1 heterocycles. The molecule has 2 rings (SSSR count). The summed E-state index contributed by atoms with van der Waals surface area (Å²) in [6.45, 7) is 0.985. The first-order valence-electron chi connectivity index (χ1n) is 4.87. The number of nitrogens with zero attached hydrogens (tertiary/aromatic N) is 1. The van der Waals surface area contributed by atoms with Crippen LogP contribution in [0.1, 0.15) is 0 Å². The van der Waals surface area contributed by atoms with E-state index >= 15 is 0 Å². The highest BCUT2D eigenvalue weighted by Gasteiger charge is 2.26. The number of hydrogen-bond donors (Lipinski definition) is 1. The van der Waals surface area contributed by atoms with Gasteiger partial charge in [-0.05, 0) is 12.1 Å². The first-order chi connectivity index (χ1) is 7.99. The number of hydrogen-bond acceptors (Lipinski definition) is 6. The van der Waals surface area contributed by atoms with Crippen LogP contribution in [0.4, 0.5) is 5.69 Å². The van der Waals surface area contributed by atoms with Gasteiger partial charge in [0.05, 0.1) is 9.82 Å². The summed E-state index contributed by atoms with van der Waals surface area (Å²) >= 11 is 0. The molecule has 0 radical (unpaired) electrons. The smallest absolute Gasteiger partial charge is 0.297 e. The Morgan fingerprint density at radius 2 is 1.83 bits per heavy atom. The van der Waals surface area contributed by atoms with Crippen molar-refractivity contribution in [2.45, 2.75) is 11.0 Å². The van der Waals surface area contributed by atoms with Crippen molar-refractivity contribution >= 4 is 28.2 Å². The molecule has 0 aromatic heterocycles. The zero-order chi connectivity index (χ0) is 12.5. The fraction of sp³-hybridized carbons (Fsp3) is 0.333. The van der Waals surface area contributed by atoms with Crippen LogP contribution in [0.15, 0.2) is 29.2 Å². The van der Waals surface area contributed by atoms with E-state index in [0.29, 0.717) is 13.1 Å². The number of halogens is 1. The number of non-ortho nitro benzene ring substituents is 1. The van der Waals surface area contributed by atoms with Crippen LogP contribution in [0, 0.1) is 10.1 Å². The largest absolute Gasteiger partial charge is 0.311 e. The lowest BCUT2D eigenvalue weighted by Crippen LogP contribution is -2.49. The summed E-state index contributed by atoms with van der Waals surface area (Å²) < 4.78 is 28.3. The van der Waals surface area contributed by atoms with Gasteiger partial charge >= 0.3 is 0 Å². The molecule has 1 aliphatic rings. The maximum absolute atomic E-state index is 11.7. The molecule has 9 heteroatoms. The van der Waals surface area contributed by atoms with Crippen molar-refractivity contribution in [1.82, 2.24) is 5.32 Å². The quantitative estimate of drug-likeness (QED) is 0.498. The van der Waals surface area contributed by atoms with Crippen LogP contribution in [-0.2, 0) is 14.3 Å². The lowest BCUT2D eigenvalue weighted by molar-refractivity contribution is -0.384. The molecule has 1 aromatic carbocycles. The predicted octanol–water partition coefficient (Wildman–Crippen LogP) is 0.694. The number of nitrogens with one attached hydrogen (secondary N) is 1. The van der Waals surface area contributed by atoms with Gasteiger partial charge in [0.2, 0.25) is 0 Å². The minimum Gasteiger partial charge on any atom is -0.311 e. The molecule has 1 aromatic rings. The van der Waals surface area contributed by atoms with Gasteiger partial charge in [-0.2, -0.15) is 8.42 Å². The van der Waals surface area contributed by atoms with Gasteiger partial charge in [-0.1, -0.05) is 0 Å². The Morgan fingerprint density at radius 3 is 2.22 bits per heavy atom. The third kappa shape index (κ3) is 3.16. The van der Waals surface area contributed by atoms with Gasteiger partial charge in [-0.3, -0.25) is 14.3 Å². The summed E-state index contributed by atoms with van der Waals surface area (Å²) in [5.41, 5.74) is -0.158. The molecule has 1 fully saturated rings. The Morgan fingerprint density at radius 1 is 1.28 bits per heavy atom. The number of nitro benzene ring substituents is 1. The van der Waals surface area contributed by atoms with E-state index < -0.39 is 15.0 Å². The van der Waals surface area contributed by atoms with Gasteiger partial charge in [0.15, 0.2) is 0 Å². The van der Waals surface area contributed by atoms with Gasteiger partial charge in [0.25, 0.3) is 15.8 Å². The highest BCUT2D eigenvalue weighted by Crippen LogP contribution is 2.19. The van der Waals surface area contributed by atoms with Crippen LogP contribution >= 0.6 is 12.4 Å². The maximum Gasteiger partial charge on any atom is 0.297 e. The van der Waals surface area contributed by atoms with E-state index in [1.165, 1.54) is 12.1 Å². The minimum absolute atomic E-state index is 0. The molecular weight excluding hydrogens is 284 g/mol. The lowest BCUT2D eigenvalue weighted by atomic mass is 10.2. The second-order valence-electron chi connectivity index (χ2n) is 3.58. The van der Waals surface area contributed by atoms with E-state index in [0.717, 1.165) is 12.1 Å². The van der Waals surface area contributed by atoms with Crippen molar-refractivity contribution in [1.29, 1.82) is 0 Å². The highest BCUT2D eigenvalue weighted by molar-refractivity contribution is 7.86. The first-order valence-corrected chi connectivity index (χ1v) is 6.28. The van der Waals surface area contributed by atoms with E-state index in [-0.39, 0.29) is 29.1 Å². The number of benzene rings is 1. The summed E-state index contributed by atoms with van der Waals surface area (Å²) in [6, 6.07) is 4.60. The van der Waals surface area contributed by atoms with Gasteiger partial charge in [-0.25, -0.2) is 0 Å². The second-order valence-corrected chi connectivity index (χ2v) is 5.15. The summed E-state index contributed by atoms with van der Waals surface area (Å²) in [4.78, 5) is 9.75. The van der Waals surface area contributed by atoms with Crippen molar-refractivity contribution in [3.8, 4) is 0 Å². The van der Waals surface area contributed by atoms with Crippen LogP contribution in [-0.4, -0.2) is 32.5 Å². The Kier molecular flexibility index (Phi) is 4.63. The SMILES string of the molecule is Cl.O=[N+]([O-])c1ccc(S(=O)(=O)OC2CNC2)cc1. The molecule has 0 bridgehead atoms. The zero-order valence-corrected chi connectivity index (χ0v) is 10.7. The molecule has 0 aliphatic carbocycles. The Balaban J connectivity index is 0.00000162. The fourth-order valence-corrected chi connectivity index (χ4v) is 2.37. The molecule has 0 spiro atoms. The summed E-state index contributed by atoms with van der Waals surface area (Å²) in [5, 5.41) is 13.3. The third-order valence-electron chi connectivity index (χ3n) is 2.34. The normalized spacial score (nSPS) is 15.6. The molecule has 1 aliphatic heterocycles. The number of rotatable bonds is 4. The molecule has 18 heavy (non-hydrogen) atoms.